The van der Waals surface area contributed by atoms with Crippen LogP contribution >= 0.6 is 22.9 Å². The molecule has 1 atom stereocenters. The van der Waals surface area contributed by atoms with Crippen molar-refractivity contribution in [1.29, 1.82) is 0 Å². The smallest absolute Gasteiger partial charge is 0.0612 e. The van der Waals surface area contributed by atoms with Gasteiger partial charge in [0.2, 0.25) is 0 Å². The lowest BCUT2D eigenvalue weighted by Crippen LogP contribution is -2.29. The third-order valence-electron chi connectivity index (χ3n) is 2.58. The lowest BCUT2D eigenvalue weighted by molar-refractivity contribution is 0.575. The molecule has 0 radical (unpaired) electrons. The van der Waals surface area contributed by atoms with Crippen LogP contribution in [0.15, 0.2) is 23.0 Å². The summed E-state index contributed by atoms with van der Waals surface area (Å²) in [6, 6.07) is 2.61. The van der Waals surface area contributed by atoms with Crippen molar-refractivity contribution in [2.75, 3.05) is 6.54 Å². The van der Waals surface area contributed by atoms with E-state index in [2.05, 4.69) is 26.5 Å². The van der Waals surface area contributed by atoms with E-state index in [0.29, 0.717) is 6.04 Å². The predicted octanol–water partition coefficient (Wildman–Crippen LogP) is 2.44. The Bertz CT molecular complexity index is 419. The summed E-state index contributed by atoms with van der Waals surface area (Å²) in [4.78, 5) is 1.53. The van der Waals surface area contributed by atoms with Crippen LogP contribution in [0.4, 0.5) is 0 Å². The van der Waals surface area contributed by atoms with Crippen molar-refractivity contribution < 1.29 is 0 Å². The van der Waals surface area contributed by atoms with Gasteiger partial charge >= 0.3 is 0 Å². The van der Waals surface area contributed by atoms with Crippen molar-refractivity contribution in [2.24, 2.45) is 0 Å². The molecule has 0 saturated heterocycles. The molecule has 1 aliphatic rings. The lowest BCUT2D eigenvalue weighted by atomic mass is 9.98. The monoisotopic (exact) mass is 222 g/mol. The van der Waals surface area contributed by atoms with E-state index in [1.54, 1.807) is 0 Å². The highest BCUT2D eigenvalue weighted by atomic mass is 32.1. The molecule has 3 rings (SSSR count). The van der Waals surface area contributed by atoms with Crippen LogP contribution in [0.1, 0.15) is 22.0 Å². The summed E-state index contributed by atoms with van der Waals surface area (Å²) in [6.07, 6.45) is 3.14. The Morgan fingerprint density at radius 2 is 2.50 bits per heavy atom. The van der Waals surface area contributed by atoms with Gasteiger partial charge in [-0.2, -0.15) is 0 Å². The fourth-order valence-corrected chi connectivity index (χ4v) is 3.39. The SMILES string of the molecule is c1cc2c(s1)CCNC2c1cnsc1. The second-order valence-corrected chi connectivity index (χ2v) is 5.05. The fourth-order valence-electron chi connectivity index (χ4n) is 1.90. The molecule has 2 nitrogen and oxygen atoms in total. The molecule has 1 aliphatic heterocycles. The first kappa shape index (κ1) is 8.59. The van der Waals surface area contributed by atoms with Crippen LogP contribution in [0, 0.1) is 0 Å². The average Bonchev–Trinajstić information content (AvgIpc) is 2.88. The maximum atomic E-state index is 4.16. The minimum atomic E-state index is 0.378. The quantitative estimate of drug-likeness (QED) is 0.801. The zero-order valence-electron chi connectivity index (χ0n) is 7.56. The molecule has 0 aliphatic carbocycles. The molecular weight excluding hydrogens is 212 g/mol. The normalized spacial score (nSPS) is 20.7. The predicted molar refractivity (Wildman–Crippen MR) is 60.0 cm³/mol. The van der Waals surface area contributed by atoms with Crippen molar-refractivity contribution in [3.63, 3.8) is 0 Å². The first-order chi connectivity index (χ1) is 6.95. The van der Waals surface area contributed by atoms with Gasteiger partial charge < -0.3 is 5.32 Å². The van der Waals surface area contributed by atoms with Crippen molar-refractivity contribution in [3.05, 3.63) is 39.0 Å². The van der Waals surface area contributed by atoms with Gasteiger partial charge in [0, 0.05) is 28.6 Å². The second-order valence-electron chi connectivity index (χ2n) is 3.39. The zero-order chi connectivity index (χ0) is 9.38. The molecule has 0 fully saturated rings. The first-order valence-corrected chi connectivity index (χ1v) is 6.35. The van der Waals surface area contributed by atoms with Gasteiger partial charge in [-0.3, -0.25) is 0 Å². The van der Waals surface area contributed by atoms with E-state index in [9.17, 15) is 0 Å². The highest BCUT2D eigenvalue weighted by molar-refractivity contribution is 7.10. The van der Waals surface area contributed by atoms with Gasteiger partial charge in [-0.25, -0.2) is 4.37 Å². The van der Waals surface area contributed by atoms with Crippen LogP contribution in [0.25, 0.3) is 0 Å². The number of nitrogens with zero attached hydrogens (tertiary/aromatic N) is 1. The van der Waals surface area contributed by atoms with Crippen molar-refractivity contribution in [1.82, 2.24) is 9.69 Å². The molecule has 2 aromatic heterocycles. The second kappa shape index (κ2) is 3.46. The van der Waals surface area contributed by atoms with Crippen LogP contribution in [0.3, 0.4) is 0 Å². The van der Waals surface area contributed by atoms with Crippen molar-refractivity contribution in [3.8, 4) is 0 Å². The van der Waals surface area contributed by atoms with E-state index < -0.39 is 0 Å². The number of fused-ring (bicyclic) bond motifs is 1. The van der Waals surface area contributed by atoms with Gasteiger partial charge in [-0.1, -0.05) is 0 Å². The summed E-state index contributed by atoms with van der Waals surface area (Å²) in [6.45, 7) is 1.08. The van der Waals surface area contributed by atoms with Crippen LogP contribution in [0.5, 0.6) is 0 Å². The third-order valence-corrected chi connectivity index (χ3v) is 4.18. The Balaban J connectivity index is 2.04. The Kier molecular flexibility index (Phi) is 2.12. The van der Waals surface area contributed by atoms with Crippen LogP contribution in [-0.4, -0.2) is 10.9 Å². The molecule has 0 bridgehead atoms. The number of hydrogen-bond donors (Lipinski definition) is 1. The fraction of sp³-hybridized carbons (Fsp3) is 0.300. The van der Waals surface area contributed by atoms with E-state index in [4.69, 9.17) is 0 Å². The van der Waals surface area contributed by atoms with E-state index in [1.165, 1.54) is 34.0 Å². The summed E-state index contributed by atoms with van der Waals surface area (Å²) in [5.74, 6) is 0. The molecule has 0 aromatic carbocycles. The number of aromatic nitrogens is 1. The number of nitrogens with one attached hydrogen (secondary N) is 1. The highest BCUT2D eigenvalue weighted by Crippen LogP contribution is 2.32. The summed E-state index contributed by atoms with van der Waals surface area (Å²) in [5, 5.41) is 7.85. The molecule has 72 valence electrons. The maximum Gasteiger partial charge on any atom is 0.0612 e. The molecule has 0 amide bonds. The standard InChI is InChI=1S/C10H10N2S2/c1-3-11-10(7-5-12-14-6-7)8-2-4-13-9(1)8/h2,4-6,10-11H,1,3H2. The van der Waals surface area contributed by atoms with Gasteiger partial charge in [0.15, 0.2) is 0 Å². The molecule has 14 heavy (non-hydrogen) atoms. The first-order valence-electron chi connectivity index (χ1n) is 4.64. The minimum Gasteiger partial charge on any atom is -0.306 e. The summed E-state index contributed by atoms with van der Waals surface area (Å²) < 4.78 is 4.16. The van der Waals surface area contributed by atoms with Gasteiger partial charge in [-0.15, -0.1) is 11.3 Å². The van der Waals surface area contributed by atoms with Gasteiger partial charge in [0.25, 0.3) is 0 Å². The number of thiophene rings is 1. The van der Waals surface area contributed by atoms with Crippen LogP contribution in [0.2, 0.25) is 0 Å². The Morgan fingerprint density at radius 1 is 1.50 bits per heavy atom. The van der Waals surface area contributed by atoms with Gasteiger partial charge in [0.1, 0.15) is 0 Å². The van der Waals surface area contributed by atoms with Crippen molar-refractivity contribution >= 4 is 22.9 Å². The van der Waals surface area contributed by atoms with Gasteiger partial charge in [-0.05, 0) is 35.0 Å². The molecule has 1 unspecified atom stereocenters. The zero-order valence-corrected chi connectivity index (χ0v) is 9.20. The molecule has 3 heterocycles. The Morgan fingerprint density at radius 3 is 3.36 bits per heavy atom. The molecule has 2 aromatic rings. The maximum absolute atomic E-state index is 4.16. The third kappa shape index (κ3) is 1.30. The molecular formula is C10H10N2S2. The Hall–Kier alpha value is -0.710. The highest BCUT2D eigenvalue weighted by Gasteiger charge is 2.22. The number of rotatable bonds is 1. The number of hydrogen-bond acceptors (Lipinski definition) is 4. The summed E-state index contributed by atoms with van der Waals surface area (Å²) >= 11 is 3.39. The molecule has 4 heteroatoms. The molecule has 1 N–H and O–H groups in total. The van der Waals surface area contributed by atoms with Crippen LogP contribution < -0.4 is 5.32 Å². The topological polar surface area (TPSA) is 24.9 Å². The summed E-state index contributed by atoms with van der Waals surface area (Å²) in [5.41, 5.74) is 2.75. The average molecular weight is 222 g/mol. The summed E-state index contributed by atoms with van der Waals surface area (Å²) in [7, 11) is 0. The molecule has 0 saturated carbocycles. The van der Waals surface area contributed by atoms with E-state index in [0.717, 1.165) is 6.54 Å². The van der Waals surface area contributed by atoms with E-state index >= 15 is 0 Å². The van der Waals surface area contributed by atoms with Crippen molar-refractivity contribution in [2.45, 2.75) is 12.5 Å². The minimum absolute atomic E-state index is 0.378. The van der Waals surface area contributed by atoms with E-state index in [-0.39, 0.29) is 0 Å². The van der Waals surface area contributed by atoms with Crippen LogP contribution in [-0.2, 0) is 6.42 Å². The van der Waals surface area contributed by atoms with Gasteiger partial charge in [0.05, 0.1) is 6.04 Å². The van der Waals surface area contributed by atoms with E-state index in [1.807, 2.05) is 17.5 Å². The molecule has 0 spiro atoms. The Labute approximate surface area is 90.8 Å². The lowest BCUT2D eigenvalue weighted by Gasteiger charge is -2.23. The largest absolute Gasteiger partial charge is 0.306 e.